The summed E-state index contributed by atoms with van der Waals surface area (Å²) >= 11 is 0. The summed E-state index contributed by atoms with van der Waals surface area (Å²) < 4.78 is 194. The smallest absolute Gasteiger partial charge is 0.871 e. The van der Waals surface area contributed by atoms with Crippen molar-refractivity contribution in [3.05, 3.63) is 211 Å². The van der Waals surface area contributed by atoms with Gasteiger partial charge in [-0.15, -0.1) is 29.4 Å². The van der Waals surface area contributed by atoms with Gasteiger partial charge in [0.15, 0.2) is 0 Å². The van der Waals surface area contributed by atoms with Gasteiger partial charge < -0.3 is 58.0 Å². The van der Waals surface area contributed by atoms with Gasteiger partial charge in [-0.25, -0.2) is 50.5 Å². The topological polar surface area (TPSA) is 658 Å². The summed E-state index contributed by atoms with van der Waals surface area (Å²) in [6, 6.07) is 34.8. The SMILES string of the molecule is O=Nc1c([O-])ccc2cc(S(=O)(=O)[O-])ccc12.O=Nc1c([O-])ccc2cc(S(=O)(=O)[O-])ccc12.O=Nc1c([O-])ccc2cc(S(=O)(=O)[O-])ccc12.O=Nc1c([O-])ccc2cc(S(=O)(=O)[O-])ccc12.O=Nc1c([O-])ccc2cc(S(=O)(=O)[O-])ccc12.O=Nc1c([O-])ccc2cc(S(=O)(=O)[O-])ccc12.[Ba+2].[Ba+2].[Ba+2].[Fe+3].[Fe+3]. The maximum atomic E-state index is 11.3. The van der Waals surface area contributed by atoms with E-state index < -0.39 is 125 Å². The molecular formula is C60H30Ba3Fe2N6O30S6. The predicted octanol–water partition coefficient (Wildman–Crippen LogP) is 6.15. The number of hydrogen-bond acceptors (Lipinski definition) is 36. The molecule has 0 aliphatic heterocycles. The van der Waals surface area contributed by atoms with E-state index in [1.54, 1.807) is 0 Å². The van der Waals surface area contributed by atoms with E-state index in [-0.39, 0.29) is 247 Å². The molecule has 0 amide bonds. The summed E-state index contributed by atoms with van der Waals surface area (Å²) in [6.45, 7) is 0. The molecule has 0 saturated carbocycles. The van der Waals surface area contributed by atoms with E-state index in [0.717, 1.165) is 109 Å². The van der Waals surface area contributed by atoms with Gasteiger partial charge in [-0.1, -0.05) is 144 Å². The van der Waals surface area contributed by atoms with Crippen LogP contribution in [0, 0.1) is 29.4 Å². The molecule has 0 aliphatic rings. The minimum absolute atomic E-state index is 0. The van der Waals surface area contributed by atoms with Gasteiger partial charge in [0.2, 0.25) is 0 Å². The number of nitrogens with zero attached hydrogens (tertiary/aromatic N) is 6. The molecule has 0 N–H and O–H groups in total. The Bertz CT molecular complexity index is 5250. The second-order valence-corrected chi connectivity index (χ2v) is 28.3. The molecule has 2 radical (unpaired) electrons. The van der Waals surface area contributed by atoms with Gasteiger partial charge in [0, 0.05) is 32.3 Å². The van der Waals surface area contributed by atoms with Crippen LogP contribution >= 0.6 is 0 Å². The maximum Gasteiger partial charge on any atom is 3.00 e. The zero-order valence-electron chi connectivity index (χ0n) is 52.5. The largest absolute Gasteiger partial charge is 3.00 e. The van der Waals surface area contributed by atoms with Crippen LogP contribution in [0.1, 0.15) is 0 Å². The second-order valence-electron chi connectivity index (χ2n) is 20.0. The molecule has 0 fully saturated rings. The van der Waals surface area contributed by atoms with Gasteiger partial charge in [0.25, 0.3) is 0 Å². The average Bonchev–Trinajstić information content (AvgIpc) is 0.828. The fourth-order valence-electron chi connectivity index (χ4n) is 9.13. The number of rotatable bonds is 12. The van der Waals surface area contributed by atoms with Gasteiger partial charge in [-0.2, -0.15) is 0 Å². The monoisotopic (exact) mass is 2030 g/mol. The molecule has 0 atom stereocenters. The van der Waals surface area contributed by atoms with Crippen molar-refractivity contribution in [1.29, 1.82) is 0 Å². The molecule has 0 aliphatic carbocycles. The van der Waals surface area contributed by atoms with Crippen molar-refractivity contribution >= 4 is 306 Å². The molecule has 36 nitrogen and oxygen atoms in total. The number of benzene rings is 12. The molecule has 12 aromatic carbocycles. The summed E-state index contributed by atoms with van der Waals surface area (Å²) in [4.78, 5) is 60.5. The van der Waals surface area contributed by atoms with E-state index in [1.165, 1.54) is 72.8 Å². The molecule has 0 heterocycles. The summed E-state index contributed by atoms with van der Waals surface area (Å²) in [5, 5.41) is 86.4. The van der Waals surface area contributed by atoms with Crippen molar-refractivity contribution in [2.45, 2.75) is 29.4 Å². The van der Waals surface area contributed by atoms with Crippen molar-refractivity contribution in [2.75, 3.05) is 0 Å². The van der Waals surface area contributed by atoms with Gasteiger partial charge in [0.05, 0.1) is 29.4 Å². The van der Waals surface area contributed by atoms with Crippen molar-refractivity contribution in [3.63, 3.8) is 0 Å². The first-order valence-electron chi connectivity index (χ1n) is 26.8. The molecule has 12 rings (SSSR count). The first-order valence-corrected chi connectivity index (χ1v) is 35.2. The minimum Gasteiger partial charge on any atom is -0.871 e. The normalized spacial score (nSPS) is 11.0. The van der Waals surface area contributed by atoms with Crippen LogP contribution in [0.25, 0.3) is 64.6 Å². The Labute approximate surface area is 743 Å². The third-order valence-electron chi connectivity index (χ3n) is 13.8. The fraction of sp³-hybridized carbons (Fsp3) is 0. The van der Waals surface area contributed by atoms with Crippen molar-refractivity contribution in [3.8, 4) is 34.5 Å². The molecule has 12 aromatic rings. The molecule has 0 unspecified atom stereocenters. The predicted molar refractivity (Wildman–Crippen MR) is 358 cm³/mol. The first-order chi connectivity index (χ1) is 47.6. The summed E-state index contributed by atoms with van der Waals surface area (Å²) in [7, 11) is -27.4. The van der Waals surface area contributed by atoms with Crippen LogP contribution in [-0.4, -0.2) is 224 Å². The third kappa shape index (κ3) is 24.4. The fourth-order valence-corrected chi connectivity index (χ4v) is 12.2. The molecule has 0 bridgehead atoms. The Morgan fingerprint density at radius 3 is 0.402 bits per heavy atom. The molecular weight excluding hydrogens is 2000 g/mol. The quantitative estimate of drug-likeness (QED) is 0.0752. The molecule has 0 spiro atoms. The van der Waals surface area contributed by atoms with E-state index in [9.17, 15) is 138 Å². The summed E-state index contributed by atoms with van der Waals surface area (Å²) in [5.41, 5.74) is -1.76. The number of hydrogen-bond donors (Lipinski definition) is 0. The minimum atomic E-state index is -4.56. The van der Waals surface area contributed by atoms with E-state index in [1.807, 2.05) is 0 Å². The Hall–Kier alpha value is -6.19. The molecule has 538 valence electrons. The molecule has 47 heteroatoms. The Morgan fingerprint density at radius 2 is 0.308 bits per heavy atom. The van der Waals surface area contributed by atoms with Crippen LogP contribution in [0.4, 0.5) is 34.1 Å². The van der Waals surface area contributed by atoms with Gasteiger partial charge in [0.1, 0.15) is 94.8 Å². The van der Waals surface area contributed by atoms with Crippen LogP contribution in [0.2, 0.25) is 0 Å². The van der Waals surface area contributed by atoms with E-state index in [4.69, 9.17) is 0 Å². The average molecular weight is 2030 g/mol. The van der Waals surface area contributed by atoms with Crippen molar-refractivity contribution in [1.82, 2.24) is 0 Å². The van der Waals surface area contributed by atoms with Crippen LogP contribution in [0.5, 0.6) is 34.5 Å². The first kappa shape index (κ1) is 96.9. The van der Waals surface area contributed by atoms with Crippen LogP contribution in [0.3, 0.4) is 0 Å². The second kappa shape index (κ2) is 40.1. The molecule has 107 heavy (non-hydrogen) atoms. The van der Waals surface area contributed by atoms with Gasteiger partial charge in [-0.05, 0) is 136 Å². The third-order valence-corrected chi connectivity index (χ3v) is 18.8. The zero-order chi connectivity index (χ0) is 75.8. The van der Waals surface area contributed by atoms with Crippen molar-refractivity contribution in [2.24, 2.45) is 31.1 Å². The van der Waals surface area contributed by atoms with Crippen LogP contribution in [0.15, 0.2) is 242 Å². The Kier molecular flexibility index (Phi) is 36.4. The summed E-state index contributed by atoms with van der Waals surface area (Å²) in [6.07, 6.45) is 0. The van der Waals surface area contributed by atoms with E-state index >= 15 is 0 Å². The molecule has 0 aromatic heterocycles. The van der Waals surface area contributed by atoms with E-state index in [0.29, 0.717) is 32.3 Å². The zero-order valence-corrected chi connectivity index (χ0v) is 73.0. The maximum absolute atomic E-state index is 11.3. The van der Waals surface area contributed by atoms with Crippen molar-refractivity contribution < 1.29 is 143 Å². The number of nitroso groups, excluding NO2 is 6. The Balaban J connectivity index is 0.000000432. The van der Waals surface area contributed by atoms with E-state index in [2.05, 4.69) is 31.1 Å². The molecule has 0 saturated heterocycles. The van der Waals surface area contributed by atoms with Gasteiger partial charge >= 0.3 is 181 Å². The Morgan fingerprint density at radius 1 is 0.196 bits per heavy atom. The van der Waals surface area contributed by atoms with Gasteiger partial charge in [-0.3, -0.25) is 0 Å². The van der Waals surface area contributed by atoms with Crippen LogP contribution < -0.4 is 30.6 Å². The number of fused-ring (bicyclic) bond motifs is 6. The van der Waals surface area contributed by atoms with Crippen LogP contribution in [-0.2, 0) is 94.8 Å². The standard InChI is InChI=1S/6C10H7NO5S.3Ba.2Fe/c6*12-9-4-1-6-5-7(17(14,15)16)2-3-8(6)10(9)11-13;;;;;/h6*1-5,12H,(H,14,15,16);;;;;/q;;;;;;3*+2;2*+3/p-12. The summed E-state index contributed by atoms with van der Waals surface area (Å²) in [5.74, 6) is -3.30.